The maximum absolute atomic E-state index is 5.34. The Kier molecular flexibility index (Phi) is 14.6. The van der Waals surface area contributed by atoms with Crippen LogP contribution in [-0.2, 0) is 18.9 Å². The fourth-order valence-electron chi connectivity index (χ4n) is 1.03. The average Bonchev–Trinajstić information content (AvgIpc) is 2.31. The van der Waals surface area contributed by atoms with Crippen LogP contribution in [0.15, 0.2) is 0 Å². The van der Waals surface area contributed by atoms with Gasteiger partial charge in [0.25, 0.3) is 0 Å². The van der Waals surface area contributed by atoms with Gasteiger partial charge in [0.05, 0.1) is 33.0 Å². The largest absolute Gasteiger partial charge is 0.382 e. The minimum atomic E-state index is 0.558. The lowest BCUT2D eigenvalue weighted by Gasteiger charge is -2.06. The summed E-state index contributed by atoms with van der Waals surface area (Å²) < 4.78 is 21.0. The lowest BCUT2D eigenvalue weighted by molar-refractivity contribution is 0.0114. The summed E-state index contributed by atoms with van der Waals surface area (Å²) in [7, 11) is 0. The first-order valence-corrected chi connectivity index (χ1v) is 5.92. The first-order valence-electron chi connectivity index (χ1n) is 5.92. The Morgan fingerprint density at radius 2 is 1.19 bits per heavy atom. The van der Waals surface area contributed by atoms with Gasteiger partial charge in [0.2, 0.25) is 0 Å². The van der Waals surface area contributed by atoms with Crippen molar-refractivity contribution in [1.82, 2.24) is 0 Å². The number of nitrogens with two attached hydrogens (primary N) is 1. The van der Waals surface area contributed by atoms with Gasteiger partial charge in [-0.3, -0.25) is 0 Å². The zero-order chi connectivity index (χ0) is 11.9. The molecule has 0 spiro atoms. The summed E-state index contributed by atoms with van der Waals surface area (Å²) >= 11 is 0. The van der Waals surface area contributed by atoms with E-state index in [1.165, 1.54) is 0 Å². The van der Waals surface area contributed by atoms with Crippen LogP contribution in [0.5, 0.6) is 0 Å². The SMILES string of the molecule is CCOCCCOCCOCCOCCN. The van der Waals surface area contributed by atoms with Gasteiger partial charge in [0.1, 0.15) is 0 Å². The molecule has 0 aromatic heterocycles. The van der Waals surface area contributed by atoms with Gasteiger partial charge in [-0.2, -0.15) is 0 Å². The second kappa shape index (κ2) is 14.8. The highest BCUT2D eigenvalue weighted by molar-refractivity contribution is 4.36. The minimum absolute atomic E-state index is 0.558. The normalized spacial score (nSPS) is 10.9. The molecule has 0 atom stereocenters. The second-order valence-corrected chi connectivity index (χ2v) is 3.18. The molecular formula is C11H25NO4. The van der Waals surface area contributed by atoms with E-state index in [9.17, 15) is 0 Å². The van der Waals surface area contributed by atoms with Crippen LogP contribution in [0.3, 0.4) is 0 Å². The highest BCUT2D eigenvalue weighted by Gasteiger charge is 1.91. The Morgan fingerprint density at radius 1 is 0.688 bits per heavy atom. The molecule has 0 aromatic rings. The molecular weight excluding hydrogens is 210 g/mol. The summed E-state index contributed by atoms with van der Waals surface area (Å²) in [6, 6.07) is 0. The molecule has 2 N–H and O–H groups in total. The molecule has 0 aliphatic heterocycles. The molecule has 98 valence electrons. The van der Waals surface area contributed by atoms with Gasteiger partial charge < -0.3 is 24.7 Å². The molecule has 0 amide bonds. The molecule has 5 heteroatoms. The van der Waals surface area contributed by atoms with Crippen LogP contribution >= 0.6 is 0 Å². The Labute approximate surface area is 98.2 Å². The molecule has 0 radical (unpaired) electrons. The monoisotopic (exact) mass is 235 g/mol. The van der Waals surface area contributed by atoms with Gasteiger partial charge in [-0.1, -0.05) is 0 Å². The van der Waals surface area contributed by atoms with Gasteiger partial charge in [0.15, 0.2) is 0 Å². The van der Waals surface area contributed by atoms with Crippen LogP contribution in [0.1, 0.15) is 13.3 Å². The second-order valence-electron chi connectivity index (χ2n) is 3.18. The maximum atomic E-state index is 5.34. The zero-order valence-corrected chi connectivity index (χ0v) is 10.3. The predicted octanol–water partition coefficient (Wildman–Crippen LogP) is 0.422. The van der Waals surface area contributed by atoms with E-state index in [1.54, 1.807) is 0 Å². The first kappa shape index (κ1) is 15.8. The van der Waals surface area contributed by atoms with E-state index in [-0.39, 0.29) is 0 Å². The van der Waals surface area contributed by atoms with E-state index in [2.05, 4.69) is 0 Å². The summed E-state index contributed by atoms with van der Waals surface area (Å²) in [4.78, 5) is 0. The van der Waals surface area contributed by atoms with Crippen LogP contribution in [-0.4, -0.2) is 59.4 Å². The number of hydrogen-bond donors (Lipinski definition) is 1. The minimum Gasteiger partial charge on any atom is -0.382 e. The number of hydrogen-bond acceptors (Lipinski definition) is 5. The van der Waals surface area contributed by atoms with Crippen LogP contribution in [0, 0.1) is 0 Å². The summed E-state index contributed by atoms with van der Waals surface area (Å²) in [6.07, 6.45) is 0.938. The predicted molar refractivity (Wildman–Crippen MR) is 62.6 cm³/mol. The third kappa shape index (κ3) is 13.8. The third-order valence-electron chi connectivity index (χ3n) is 1.79. The third-order valence-corrected chi connectivity index (χ3v) is 1.79. The van der Waals surface area contributed by atoms with E-state index >= 15 is 0 Å². The summed E-state index contributed by atoms with van der Waals surface area (Å²) in [5, 5.41) is 0. The molecule has 0 heterocycles. The van der Waals surface area contributed by atoms with Crippen molar-refractivity contribution in [3.63, 3.8) is 0 Å². The molecule has 0 saturated carbocycles. The van der Waals surface area contributed by atoms with Crippen molar-refractivity contribution >= 4 is 0 Å². The standard InChI is InChI=1S/C11H25NO4/c1-2-13-5-3-6-14-8-10-16-11-9-15-7-4-12/h2-12H2,1H3. The molecule has 0 saturated heterocycles. The fourth-order valence-corrected chi connectivity index (χ4v) is 1.03. The molecule has 0 rings (SSSR count). The fraction of sp³-hybridized carbons (Fsp3) is 1.00. The molecule has 0 unspecified atom stereocenters. The van der Waals surface area contributed by atoms with Crippen molar-refractivity contribution < 1.29 is 18.9 Å². The Balaban J connectivity index is 2.83. The van der Waals surface area contributed by atoms with Crippen LogP contribution in [0.4, 0.5) is 0 Å². The van der Waals surface area contributed by atoms with Gasteiger partial charge in [-0.05, 0) is 13.3 Å². The highest BCUT2D eigenvalue weighted by atomic mass is 16.5. The molecule has 0 aromatic carbocycles. The Bertz CT molecular complexity index is 111. The average molecular weight is 235 g/mol. The number of ether oxygens (including phenoxy) is 4. The lowest BCUT2D eigenvalue weighted by atomic mass is 10.5. The van der Waals surface area contributed by atoms with Crippen molar-refractivity contribution in [2.75, 3.05) is 59.4 Å². The molecule has 0 fully saturated rings. The van der Waals surface area contributed by atoms with Gasteiger partial charge in [0, 0.05) is 26.4 Å². The molecule has 5 nitrogen and oxygen atoms in total. The van der Waals surface area contributed by atoms with E-state index in [0.29, 0.717) is 39.6 Å². The van der Waals surface area contributed by atoms with E-state index < -0.39 is 0 Å². The smallest absolute Gasteiger partial charge is 0.0701 e. The van der Waals surface area contributed by atoms with Crippen LogP contribution in [0.2, 0.25) is 0 Å². The maximum Gasteiger partial charge on any atom is 0.0701 e. The molecule has 0 aliphatic carbocycles. The summed E-state index contributed by atoms with van der Waals surface area (Å²) in [6.45, 7) is 7.85. The van der Waals surface area contributed by atoms with Crippen molar-refractivity contribution in [2.45, 2.75) is 13.3 Å². The molecule has 0 bridgehead atoms. The first-order chi connectivity index (χ1) is 7.91. The summed E-state index contributed by atoms with van der Waals surface area (Å²) in [5.41, 5.74) is 5.26. The van der Waals surface area contributed by atoms with Crippen molar-refractivity contribution in [3.8, 4) is 0 Å². The summed E-state index contributed by atoms with van der Waals surface area (Å²) in [5.74, 6) is 0. The quantitative estimate of drug-likeness (QED) is 0.469. The van der Waals surface area contributed by atoms with Crippen molar-refractivity contribution in [3.05, 3.63) is 0 Å². The highest BCUT2D eigenvalue weighted by Crippen LogP contribution is 1.86. The Hall–Kier alpha value is -0.200. The van der Waals surface area contributed by atoms with Gasteiger partial charge in [-0.25, -0.2) is 0 Å². The van der Waals surface area contributed by atoms with E-state index in [0.717, 1.165) is 26.2 Å². The zero-order valence-electron chi connectivity index (χ0n) is 10.3. The van der Waals surface area contributed by atoms with Crippen molar-refractivity contribution in [1.29, 1.82) is 0 Å². The van der Waals surface area contributed by atoms with E-state index in [1.807, 2.05) is 6.92 Å². The van der Waals surface area contributed by atoms with Crippen LogP contribution in [0.25, 0.3) is 0 Å². The molecule has 0 aliphatic rings. The lowest BCUT2D eigenvalue weighted by Crippen LogP contribution is -2.13. The van der Waals surface area contributed by atoms with Crippen LogP contribution < -0.4 is 5.73 Å². The van der Waals surface area contributed by atoms with E-state index in [4.69, 9.17) is 24.7 Å². The number of rotatable bonds is 13. The Morgan fingerprint density at radius 3 is 1.75 bits per heavy atom. The molecule has 16 heavy (non-hydrogen) atoms. The topological polar surface area (TPSA) is 62.9 Å². The van der Waals surface area contributed by atoms with Gasteiger partial charge >= 0.3 is 0 Å². The van der Waals surface area contributed by atoms with Crippen molar-refractivity contribution in [2.24, 2.45) is 5.73 Å². The van der Waals surface area contributed by atoms with Gasteiger partial charge in [-0.15, -0.1) is 0 Å².